The maximum Gasteiger partial charge on any atom is 0.136 e. The minimum Gasteiger partial charge on any atom is -0.0656 e. The molecule has 32 heavy (non-hydrogen) atoms. The van der Waals surface area contributed by atoms with Gasteiger partial charge in [0.25, 0.3) is 0 Å². The van der Waals surface area contributed by atoms with Crippen LogP contribution in [0.5, 0.6) is 0 Å². The average molecular weight is 452 g/mol. The lowest BCUT2D eigenvalue weighted by atomic mass is 9.90. The minimum atomic E-state index is -1.40. The van der Waals surface area contributed by atoms with Crippen LogP contribution in [-0.2, 0) is 0 Å². The number of rotatable bonds is 5. The monoisotopic (exact) mass is 451 g/mol. The smallest absolute Gasteiger partial charge is 0.0656 e. The highest BCUT2D eigenvalue weighted by atomic mass is 28.3. The molecule has 1 atom stereocenters. The summed E-state index contributed by atoms with van der Waals surface area (Å²) in [5.41, 5.74) is 7.41. The summed E-state index contributed by atoms with van der Waals surface area (Å²) in [7, 11) is -2.54. The van der Waals surface area contributed by atoms with Gasteiger partial charge in [0.05, 0.1) is 8.07 Å². The standard InChI is InChI=1S/C30H35Si2/c1-22-23(2)29(25-15-14-20-28(21-25)32(5,6)7)30(4,24(22)3)31(26-16-10-8-11-17-26)27-18-12-9-13-19-27/h8-21H,1-7H3. The first kappa shape index (κ1) is 22.8. The number of hydrogen-bond donors (Lipinski definition) is 0. The zero-order valence-corrected chi connectivity index (χ0v) is 22.6. The molecule has 0 aliphatic heterocycles. The third-order valence-electron chi connectivity index (χ3n) is 7.39. The van der Waals surface area contributed by atoms with E-state index in [2.05, 4.69) is 132 Å². The van der Waals surface area contributed by atoms with Crippen LogP contribution in [0.1, 0.15) is 33.3 Å². The summed E-state index contributed by atoms with van der Waals surface area (Å²) in [4.78, 5) is 0. The summed E-state index contributed by atoms with van der Waals surface area (Å²) < 4.78 is 0. The van der Waals surface area contributed by atoms with E-state index in [0.717, 1.165) is 0 Å². The van der Waals surface area contributed by atoms with Crippen LogP contribution in [0.2, 0.25) is 24.7 Å². The maximum atomic E-state index is 2.52. The predicted molar refractivity (Wildman–Crippen MR) is 147 cm³/mol. The van der Waals surface area contributed by atoms with Crippen LogP contribution in [0.3, 0.4) is 0 Å². The molecular formula is C30H35Si2. The van der Waals surface area contributed by atoms with E-state index in [1.807, 2.05) is 0 Å². The zero-order valence-electron chi connectivity index (χ0n) is 20.6. The van der Waals surface area contributed by atoms with Gasteiger partial charge in [0.15, 0.2) is 0 Å². The van der Waals surface area contributed by atoms with Crippen molar-refractivity contribution in [2.45, 2.75) is 52.4 Å². The third-order valence-corrected chi connectivity index (χ3v) is 12.9. The topological polar surface area (TPSA) is 0 Å². The lowest BCUT2D eigenvalue weighted by Crippen LogP contribution is -2.51. The predicted octanol–water partition coefficient (Wildman–Crippen LogP) is 6.42. The van der Waals surface area contributed by atoms with Crippen LogP contribution in [0.4, 0.5) is 0 Å². The fraction of sp³-hybridized carbons (Fsp3) is 0.267. The molecule has 0 spiro atoms. The Balaban J connectivity index is 1.99. The van der Waals surface area contributed by atoms with Crippen LogP contribution in [0.25, 0.3) is 5.57 Å². The molecule has 0 amide bonds. The molecule has 1 radical (unpaired) electrons. The van der Waals surface area contributed by atoms with Crippen LogP contribution >= 0.6 is 0 Å². The van der Waals surface area contributed by atoms with E-state index in [9.17, 15) is 0 Å². The summed E-state index contributed by atoms with van der Waals surface area (Å²) in [6.07, 6.45) is 0. The lowest BCUT2D eigenvalue weighted by Gasteiger charge is -2.39. The second-order valence-electron chi connectivity index (χ2n) is 10.3. The average Bonchev–Trinajstić information content (AvgIpc) is 2.95. The van der Waals surface area contributed by atoms with Gasteiger partial charge in [0.1, 0.15) is 8.80 Å². The SMILES string of the molecule is CC1=C(C)C(C)([Si](c2ccccc2)c2ccccc2)C(c2cccc([Si](C)(C)C)c2)=C1C. The lowest BCUT2D eigenvalue weighted by molar-refractivity contribution is 0.902. The van der Waals surface area contributed by atoms with E-state index in [4.69, 9.17) is 0 Å². The molecule has 1 unspecified atom stereocenters. The Labute approximate surface area is 197 Å². The van der Waals surface area contributed by atoms with Crippen molar-refractivity contribution >= 4 is 38.0 Å². The molecule has 1 aliphatic carbocycles. The van der Waals surface area contributed by atoms with Gasteiger partial charge >= 0.3 is 0 Å². The molecule has 2 heteroatoms. The van der Waals surface area contributed by atoms with Gasteiger partial charge < -0.3 is 0 Å². The summed E-state index contributed by atoms with van der Waals surface area (Å²) in [6.45, 7) is 16.9. The second-order valence-corrected chi connectivity index (χ2v) is 18.3. The van der Waals surface area contributed by atoms with E-state index in [-0.39, 0.29) is 5.04 Å². The highest BCUT2D eigenvalue weighted by Gasteiger charge is 2.47. The number of allylic oxidation sites excluding steroid dienone is 4. The third kappa shape index (κ3) is 3.80. The Morgan fingerprint density at radius 1 is 0.656 bits per heavy atom. The molecule has 1 aliphatic rings. The summed E-state index contributed by atoms with van der Waals surface area (Å²) >= 11 is 0. The molecule has 0 heterocycles. The Morgan fingerprint density at radius 3 is 1.69 bits per heavy atom. The van der Waals surface area contributed by atoms with Crippen LogP contribution in [0, 0.1) is 0 Å². The van der Waals surface area contributed by atoms with Gasteiger partial charge in [-0.3, -0.25) is 0 Å². The second kappa shape index (κ2) is 8.49. The van der Waals surface area contributed by atoms with Crippen molar-refractivity contribution in [1.29, 1.82) is 0 Å². The van der Waals surface area contributed by atoms with Crippen molar-refractivity contribution < 1.29 is 0 Å². The van der Waals surface area contributed by atoms with E-state index in [1.165, 1.54) is 43.4 Å². The Hall–Kier alpha value is -2.43. The minimum absolute atomic E-state index is 0.0143. The molecule has 3 aromatic rings. The highest BCUT2D eigenvalue weighted by Crippen LogP contribution is 2.58. The largest absolute Gasteiger partial charge is 0.136 e. The molecule has 0 N–H and O–H groups in total. The van der Waals surface area contributed by atoms with Crippen molar-refractivity contribution in [3.8, 4) is 0 Å². The van der Waals surface area contributed by atoms with Crippen LogP contribution < -0.4 is 15.6 Å². The molecule has 0 saturated carbocycles. The molecule has 0 bridgehead atoms. The van der Waals surface area contributed by atoms with Crippen molar-refractivity contribution in [3.05, 3.63) is 107 Å². The summed E-state index contributed by atoms with van der Waals surface area (Å²) in [5, 5.41) is 4.48. The Morgan fingerprint density at radius 2 is 1.19 bits per heavy atom. The van der Waals surface area contributed by atoms with Gasteiger partial charge in [-0.05, 0) is 43.1 Å². The van der Waals surface area contributed by atoms with E-state index < -0.39 is 16.9 Å². The van der Waals surface area contributed by atoms with E-state index >= 15 is 0 Å². The Bertz CT molecular complexity index is 1140. The first-order chi connectivity index (χ1) is 15.2. The first-order valence-corrected chi connectivity index (χ1v) is 16.6. The fourth-order valence-electron chi connectivity index (χ4n) is 5.32. The molecular weight excluding hydrogens is 417 g/mol. The molecule has 0 saturated heterocycles. The molecule has 0 nitrogen and oxygen atoms in total. The van der Waals surface area contributed by atoms with Crippen LogP contribution in [-0.4, -0.2) is 16.9 Å². The summed E-state index contributed by atoms with van der Waals surface area (Å²) in [5.74, 6) is 0. The molecule has 0 aromatic heterocycles. The molecule has 3 aromatic carbocycles. The van der Waals surface area contributed by atoms with Gasteiger partial charge in [-0.25, -0.2) is 0 Å². The zero-order chi connectivity index (χ0) is 23.1. The van der Waals surface area contributed by atoms with Gasteiger partial charge in [0, 0.05) is 5.04 Å². The van der Waals surface area contributed by atoms with Gasteiger partial charge in [-0.2, -0.15) is 0 Å². The fourth-order valence-corrected chi connectivity index (χ4v) is 10.2. The maximum absolute atomic E-state index is 2.52. The quantitative estimate of drug-likeness (QED) is 0.392. The van der Waals surface area contributed by atoms with Crippen molar-refractivity contribution in [2.75, 3.05) is 0 Å². The van der Waals surface area contributed by atoms with Crippen molar-refractivity contribution in [1.82, 2.24) is 0 Å². The molecule has 0 fully saturated rings. The first-order valence-electron chi connectivity index (χ1n) is 11.6. The van der Waals surface area contributed by atoms with Crippen LogP contribution in [0.15, 0.2) is 102 Å². The molecule has 163 valence electrons. The number of hydrogen-bond acceptors (Lipinski definition) is 0. The number of benzene rings is 3. The van der Waals surface area contributed by atoms with Gasteiger partial charge in [0.2, 0.25) is 0 Å². The van der Waals surface area contributed by atoms with Gasteiger partial charge in [-0.15, -0.1) is 0 Å². The van der Waals surface area contributed by atoms with E-state index in [0.29, 0.717) is 0 Å². The van der Waals surface area contributed by atoms with Crippen molar-refractivity contribution in [3.63, 3.8) is 0 Å². The normalized spacial score (nSPS) is 19.2. The van der Waals surface area contributed by atoms with Crippen molar-refractivity contribution in [2.24, 2.45) is 0 Å². The highest BCUT2D eigenvalue weighted by molar-refractivity contribution is 6.90. The molecule has 4 rings (SSSR count). The summed E-state index contributed by atoms with van der Waals surface area (Å²) in [6, 6.07) is 31.9. The van der Waals surface area contributed by atoms with E-state index in [1.54, 1.807) is 0 Å². The van der Waals surface area contributed by atoms with Gasteiger partial charge in [-0.1, -0.05) is 133 Å². The Kier molecular flexibility index (Phi) is 6.04.